The van der Waals surface area contributed by atoms with Crippen molar-refractivity contribution in [3.63, 3.8) is 0 Å². The maximum Gasteiger partial charge on any atom is 0.220 e. The highest BCUT2D eigenvalue weighted by Crippen LogP contribution is 2.42. The number of ether oxygens (including phenoxy) is 1. The molecule has 1 aromatic heterocycles. The van der Waals surface area contributed by atoms with Crippen LogP contribution in [-0.4, -0.2) is 28.1 Å². The average Bonchev–Trinajstić information content (AvgIpc) is 3.23. The zero-order chi connectivity index (χ0) is 18.7. The molecule has 1 saturated heterocycles. The van der Waals surface area contributed by atoms with Crippen LogP contribution in [0.25, 0.3) is 0 Å². The van der Waals surface area contributed by atoms with Crippen molar-refractivity contribution < 1.29 is 9.53 Å². The van der Waals surface area contributed by atoms with Crippen LogP contribution >= 0.6 is 0 Å². The Morgan fingerprint density at radius 1 is 1.31 bits per heavy atom. The molecule has 146 valence electrons. The van der Waals surface area contributed by atoms with Crippen LogP contribution in [0.1, 0.15) is 77.6 Å². The second-order valence-electron chi connectivity index (χ2n) is 8.91. The number of nitrogens with one attached hydrogen (secondary N) is 1. The molecule has 0 radical (unpaired) electrons. The molecule has 1 aliphatic heterocycles. The summed E-state index contributed by atoms with van der Waals surface area (Å²) in [4.78, 5) is 17.0. The Kier molecular flexibility index (Phi) is 6.06. The standard InChI is InChI=1S/C21H35N3O2/c1-5-21(2,3)16-8-6-15(7-9-16)14-18(25)23-17-10-13-26-19(17)20-22-11-12-24(20)4/h11-12,15-17,19H,5-10,13-14H2,1-4H3,(H,23,25)/t15?,16?,17-,19-/m0/s1. The number of rotatable bonds is 6. The van der Waals surface area contributed by atoms with Crippen LogP contribution in [-0.2, 0) is 16.6 Å². The monoisotopic (exact) mass is 361 g/mol. The van der Waals surface area contributed by atoms with Crippen LogP contribution in [0.5, 0.6) is 0 Å². The van der Waals surface area contributed by atoms with E-state index in [0.29, 0.717) is 24.4 Å². The second kappa shape index (κ2) is 8.12. The number of hydrogen-bond donors (Lipinski definition) is 1. The minimum Gasteiger partial charge on any atom is -0.368 e. The van der Waals surface area contributed by atoms with Crippen molar-refractivity contribution in [3.8, 4) is 0 Å². The van der Waals surface area contributed by atoms with Gasteiger partial charge in [-0.25, -0.2) is 4.98 Å². The van der Waals surface area contributed by atoms with E-state index in [0.717, 1.165) is 18.2 Å². The van der Waals surface area contributed by atoms with E-state index in [9.17, 15) is 4.79 Å². The van der Waals surface area contributed by atoms with Gasteiger partial charge in [-0.15, -0.1) is 0 Å². The number of hydrogen-bond acceptors (Lipinski definition) is 3. The number of aryl methyl sites for hydroxylation is 1. The molecule has 5 nitrogen and oxygen atoms in total. The SMILES string of the molecule is CCC(C)(C)C1CCC(CC(=O)N[C@H]2CCO[C@@H]2c2nccn2C)CC1. The first-order valence-electron chi connectivity index (χ1n) is 10.3. The molecule has 1 aromatic rings. The van der Waals surface area contributed by atoms with Gasteiger partial charge in [0, 0.05) is 32.5 Å². The summed E-state index contributed by atoms with van der Waals surface area (Å²) in [6.45, 7) is 7.76. The van der Waals surface area contributed by atoms with E-state index in [1.165, 1.54) is 32.1 Å². The van der Waals surface area contributed by atoms with E-state index in [1.54, 1.807) is 6.20 Å². The Morgan fingerprint density at radius 2 is 2.04 bits per heavy atom. The molecular formula is C21H35N3O2. The molecule has 0 aromatic carbocycles. The highest BCUT2D eigenvalue weighted by Gasteiger charge is 2.35. The molecule has 0 unspecified atom stereocenters. The number of aromatic nitrogens is 2. The zero-order valence-corrected chi connectivity index (χ0v) is 16.8. The third kappa shape index (κ3) is 4.30. The van der Waals surface area contributed by atoms with E-state index in [1.807, 2.05) is 17.8 Å². The molecule has 1 aliphatic carbocycles. The van der Waals surface area contributed by atoms with Crippen LogP contribution < -0.4 is 5.32 Å². The quantitative estimate of drug-likeness (QED) is 0.833. The van der Waals surface area contributed by atoms with Gasteiger partial charge < -0.3 is 14.6 Å². The maximum absolute atomic E-state index is 12.6. The third-order valence-electron chi connectivity index (χ3n) is 6.89. The highest BCUT2D eigenvalue weighted by atomic mass is 16.5. The van der Waals surface area contributed by atoms with Crippen molar-refractivity contribution in [1.29, 1.82) is 0 Å². The summed E-state index contributed by atoms with van der Waals surface area (Å²) in [6, 6.07) is 0.0407. The molecule has 2 aliphatic rings. The molecule has 26 heavy (non-hydrogen) atoms. The van der Waals surface area contributed by atoms with Gasteiger partial charge in [0.2, 0.25) is 5.91 Å². The lowest BCUT2D eigenvalue weighted by Crippen LogP contribution is -2.39. The lowest BCUT2D eigenvalue weighted by Gasteiger charge is -2.38. The first-order valence-corrected chi connectivity index (χ1v) is 10.3. The second-order valence-corrected chi connectivity index (χ2v) is 8.91. The fourth-order valence-electron chi connectivity index (χ4n) is 4.61. The molecule has 1 N–H and O–H groups in total. The van der Waals surface area contributed by atoms with Crippen LogP contribution in [0.15, 0.2) is 12.4 Å². The lowest BCUT2D eigenvalue weighted by atomic mass is 9.67. The smallest absolute Gasteiger partial charge is 0.220 e. The summed E-state index contributed by atoms with van der Waals surface area (Å²) < 4.78 is 7.83. The normalized spacial score (nSPS) is 29.7. The lowest BCUT2D eigenvalue weighted by molar-refractivity contribution is -0.123. The van der Waals surface area contributed by atoms with Gasteiger partial charge in [0.05, 0.1) is 6.04 Å². The van der Waals surface area contributed by atoms with Gasteiger partial charge >= 0.3 is 0 Å². The zero-order valence-electron chi connectivity index (χ0n) is 16.8. The van der Waals surface area contributed by atoms with Gasteiger partial charge in [-0.05, 0) is 49.4 Å². The van der Waals surface area contributed by atoms with Crippen LogP contribution in [0.3, 0.4) is 0 Å². The minimum atomic E-state index is -0.125. The summed E-state index contributed by atoms with van der Waals surface area (Å²) >= 11 is 0. The Hall–Kier alpha value is -1.36. The van der Waals surface area contributed by atoms with Crippen LogP contribution in [0.4, 0.5) is 0 Å². The molecule has 0 spiro atoms. The Morgan fingerprint density at radius 3 is 2.65 bits per heavy atom. The fraction of sp³-hybridized carbons (Fsp3) is 0.810. The van der Waals surface area contributed by atoms with Crippen molar-refractivity contribution in [2.45, 2.75) is 77.9 Å². The van der Waals surface area contributed by atoms with Gasteiger partial charge in [0.25, 0.3) is 0 Å². The third-order valence-corrected chi connectivity index (χ3v) is 6.89. The number of carbonyl (C=O) groups excluding carboxylic acids is 1. The maximum atomic E-state index is 12.6. The topological polar surface area (TPSA) is 56.1 Å². The van der Waals surface area contributed by atoms with E-state index < -0.39 is 0 Å². The van der Waals surface area contributed by atoms with Crippen molar-refractivity contribution >= 4 is 5.91 Å². The Labute approximate surface area is 157 Å². The first-order chi connectivity index (χ1) is 12.4. The summed E-state index contributed by atoms with van der Waals surface area (Å²) in [6.07, 6.45) is 11.2. The summed E-state index contributed by atoms with van der Waals surface area (Å²) in [5.74, 6) is 2.42. The van der Waals surface area contributed by atoms with Gasteiger partial charge in [-0.2, -0.15) is 0 Å². The van der Waals surface area contributed by atoms with Crippen LogP contribution in [0, 0.1) is 17.3 Å². The van der Waals surface area contributed by atoms with E-state index in [4.69, 9.17) is 4.74 Å². The van der Waals surface area contributed by atoms with Crippen molar-refractivity contribution in [3.05, 3.63) is 18.2 Å². The van der Waals surface area contributed by atoms with Crippen molar-refractivity contribution in [1.82, 2.24) is 14.9 Å². The Balaban J connectivity index is 1.48. The molecule has 2 heterocycles. The summed E-state index contributed by atoms with van der Waals surface area (Å²) in [7, 11) is 1.97. The van der Waals surface area contributed by atoms with Crippen molar-refractivity contribution in [2.24, 2.45) is 24.3 Å². The number of carbonyl (C=O) groups is 1. The molecule has 3 rings (SSSR count). The predicted octanol–water partition coefficient (Wildman–Crippen LogP) is 4.00. The van der Waals surface area contributed by atoms with Gasteiger partial charge in [-0.3, -0.25) is 4.79 Å². The fourth-order valence-corrected chi connectivity index (χ4v) is 4.61. The summed E-state index contributed by atoms with van der Waals surface area (Å²) in [5, 5.41) is 3.23. The van der Waals surface area contributed by atoms with Gasteiger partial charge in [0.15, 0.2) is 0 Å². The van der Waals surface area contributed by atoms with Crippen LogP contribution in [0.2, 0.25) is 0 Å². The highest BCUT2D eigenvalue weighted by molar-refractivity contribution is 5.76. The minimum absolute atomic E-state index is 0.0407. The summed E-state index contributed by atoms with van der Waals surface area (Å²) in [5.41, 5.74) is 0.434. The molecule has 0 bridgehead atoms. The van der Waals surface area contributed by atoms with E-state index in [-0.39, 0.29) is 18.1 Å². The number of nitrogens with zero attached hydrogens (tertiary/aromatic N) is 2. The molecular weight excluding hydrogens is 326 g/mol. The predicted molar refractivity (Wildman–Crippen MR) is 103 cm³/mol. The molecule has 2 fully saturated rings. The number of imidazole rings is 1. The Bertz CT molecular complexity index is 602. The van der Waals surface area contributed by atoms with Gasteiger partial charge in [0.1, 0.15) is 11.9 Å². The molecule has 1 amide bonds. The van der Waals surface area contributed by atoms with Crippen molar-refractivity contribution in [2.75, 3.05) is 6.61 Å². The largest absolute Gasteiger partial charge is 0.368 e. The van der Waals surface area contributed by atoms with E-state index >= 15 is 0 Å². The molecule has 1 saturated carbocycles. The van der Waals surface area contributed by atoms with E-state index in [2.05, 4.69) is 31.1 Å². The molecule has 5 heteroatoms. The molecule has 2 atom stereocenters. The number of amides is 1. The first kappa shape index (κ1) is 19.4. The van der Waals surface area contributed by atoms with Gasteiger partial charge in [-0.1, -0.05) is 27.2 Å². The average molecular weight is 362 g/mol.